The van der Waals surface area contributed by atoms with Crippen LogP contribution in [0.5, 0.6) is 0 Å². The first kappa shape index (κ1) is 29.6. The van der Waals surface area contributed by atoms with Gasteiger partial charge in [0.25, 0.3) is 0 Å². The summed E-state index contributed by atoms with van der Waals surface area (Å²) in [6.07, 6.45) is 2.02. The normalized spacial score (nSPS) is 46.4. The van der Waals surface area contributed by atoms with Crippen molar-refractivity contribution in [1.29, 1.82) is 0 Å². The Morgan fingerprint density at radius 1 is 1.07 bits per heavy atom. The maximum Gasteiger partial charge on any atom is 0.333 e. The molecular weight excluding hydrogens is 540 g/mol. The fourth-order valence-corrected chi connectivity index (χ4v) is 9.92. The number of ether oxygens (including phenoxy) is 4. The zero-order valence-electron chi connectivity index (χ0n) is 25.6. The number of hydrogen-bond acceptors (Lipinski definition) is 9. The molecule has 4 fully saturated rings. The summed E-state index contributed by atoms with van der Waals surface area (Å²) in [7, 11) is 0. The van der Waals surface area contributed by atoms with Crippen LogP contribution in [0.4, 0.5) is 0 Å². The molecule has 1 aromatic heterocycles. The van der Waals surface area contributed by atoms with Gasteiger partial charge in [0.05, 0.1) is 37.4 Å². The number of allylic oxidation sites excluding steroid dienone is 2. The Balaban J connectivity index is 1.54. The summed E-state index contributed by atoms with van der Waals surface area (Å²) in [4.78, 5) is 25.6. The highest BCUT2D eigenvalue weighted by molar-refractivity contribution is 5.87. The average molecular weight is 585 g/mol. The molecule has 0 bridgehead atoms. The molecule has 12 atom stereocenters. The van der Waals surface area contributed by atoms with Gasteiger partial charge in [0, 0.05) is 53.4 Å². The predicted molar refractivity (Wildman–Crippen MR) is 151 cm³/mol. The molecule has 2 N–H and O–H groups in total. The molecule has 1 aromatic rings. The third-order valence-electron chi connectivity index (χ3n) is 11.9. The number of carbonyl (C=O) groups excluding carboxylic acids is 2. The first-order valence-electron chi connectivity index (χ1n) is 15.2. The molecule has 6 rings (SSSR count). The number of carbonyl (C=O) groups is 2. The van der Waals surface area contributed by atoms with Crippen LogP contribution in [0.15, 0.2) is 45.8 Å². The lowest BCUT2D eigenvalue weighted by molar-refractivity contribution is -0.258. The smallest absolute Gasteiger partial charge is 0.333 e. The molecule has 0 aromatic carbocycles. The molecule has 230 valence electrons. The first-order chi connectivity index (χ1) is 19.8. The van der Waals surface area contributed by atoms with Crippen LogP contribution in [-0.4, -0.2) is 65.6 Å². The number of aliphatic hydroxyl groups is 2. The summed E-state index contributed by atoms with van der Waals surface area (Å²) in [5.41, 5.74) is 1.33. The van der Waals surface area contributed by atoms with E-state index in [4.69, 9.17) is 23.4 Å². The van der Waals surface area contributed by atoms with Crippen LogP contribution in [0, 0.1) is 28.1 Å². The van der Waals surface area contributed by atoms with E-state index in [1.54, 1.807) is 32.4 Å². The molecule has 3 aliphatic carbocycles. The van der Waals surface area contributed by atoms with E-state index in [9.17, 15) is 19.8 Å². The largest absolute Gasteiger partial charge is 0.472 e. The maximum absolute atomic E-state index is 13.3. The van der Waals surface area contributed by atoms with Gasteiger partial charge in [-0.1, -0.05) is 32.4 Å². The molecule has 3 heterocycles. The number of esters is 2. The van der Waals surface area contributed by atoms with E-state index >= 15 is 0 Å². The third-order valence-corrected chi connectivity index (χ3v) is 11.9. The van der Waals surface area contributed by atoms with Gasteiger partial charge in [-0.15, -0.1) is 0 Å². The molecule has 9 heteroatoms. The summed E-state index contributed by atoms with van der Waals surface area (Å²) in [5.74, 6) is -1.50. The van der Waals surface area contributed by atoms with Crippen molar-refractivity contribution in [2.24, 2.45) is 28.1 Å². The van der Waals surface area contributed by atoms with Gasteiger partial charge in [-0.25, -0.2) is 4.79 Å². The lowest BCUT2D eigenvalue weighted by atomic mass is 9.39. The van der Waals surface area contributed by atoms with Gasteiger partial charge in [-0.3, -0.25) is 4.79 Å². The van der Waals surface area contributed by atoms with Gasteiger partial charge < -0.3 is 33.6 Å². The molecule has 0 spiro atoms. The minimum Gasteiger partial charge on any atom is -0.472 e. The maximum atomic E-state index is 13.3. The lowest BCUT2D eigenvalue weighted by Crippen LogP contribution is -2.71. The van der Waals surface area contributed by atoms with Crippen molar-refractivity contribution in [3.63, 3.8) is 0 Å². The Labute approximate surface area is 247 Å². The summed E-state index contributed by atoms with van der Waals surface area (Å²) in [6, 6.07) is 1.95. The number of furan rings is 1. The summed E-state index contributed by atoms with van der Waals surface area (Å²) in [5, 5.41) is 23.8. The monoisotopic (exact) mass is 584 g/mol. The first-order valence-corrected chi connectivity index (χ1v) is 15.2. The second kappa shape index (κ2) is 10.0. The molecular formula is C33H44O9. The fourth-order valence-electron chi connectivity index (χ4n) is 9.92. The number of aliphatic hydroxyl groups excluding tert-OH is 2. The summed E-state index contributed by atoms with van der Waals surface area (Å²) < 4.78 is 30.5. The molecule has 2 saturated heterocycles. The van der Waals surface area contributed by atoms with Crippen LogP contribution < -0.4 is 0 Å². The highest BCUT2D eigenvalue weighted by Gasteiger charge is 2.76. The van der Waals surface area contributed by atoms with Gasteiger partial charge >= 0.3 is 11.9 Å². The summed E-state index contributed by atoms with van der Waals surface area (Å²) >= 11 is 0. The van der Waals surface area contributed by atoms with E-state index in [-0.39, 0.29) is 24.2 Å². The zero-order valence-corrected chi connectivity index (χ0v) is 25.6. The van der Waals surface area contributed by atoms with Crippen molar-refractivity contribution < 1.29 is 43.2 Å². The molecule has 0 amide bonds. The van der Waals surface area contributed by atoms with Crippen molar-refractivity contribution >= 4 is 11.9 Å². The highest BCUT2D eigenvalue weighted by Crippen LogP contribution is 2.72. The Hall–Kier alpha value is -2.46. The lowest BCUT2D eigenvalue weighted by Gasteiger charge is -2.66. The Kier molecular flexibility index (Phi) is 7.08. The van der Waals surface area contributed by atoms with E-state index < -0.39 is 65.0 Å². The summed E-state index contributed by atoms with van der Waals surface area (Å²) in [6.45, 7) is 13.5. The second-order valence-corrected chi connectivity index (χ2v) is 13.9. The van der Waals surface area contributed by atoms with E-state index in [1.165, 1.54) is 6.92 Å². The number of rotatable bonds is 4. The SMILES string of the molecule is C/C=C(\C)C(=O)O[C@H]1C[C@@H](OC(C)=O)[C@@]2(C)CO[C@H]3[C@@H](O)[C@@]4(C)C5=C(C)[C@H](c6ccoc6)C[C@@H]5O[C@@H](O)C[C@@H]4[C@]1(C)[C@@H]32. The Morgan fingerprint density at radius 3 is 2.45 bits per heavy atom. The van der Waals surface area contributed by atoms with Crippen molar-refractivity contribution in [1.82, 2.24) is 0 Å². The Bertz CT molecular complexity index is 1310. The molecule has 5 aliphatic rings. The molecule has 42 heavy (non-hydrogen) atoms. The predicted octanol–water partition coefficient (Wildman–Crippen LogP) is 4.43. The second-order valence-electron chi connectivity index (χ2n) is 13.9. The van der Waals surface area contributed by atoms with Gasteiger partial charge in [0.1, 0.15) is 12.2 Å². The van der Waals surface area contributed by atoms with Gasteiger partial charge in [0.15, 0.2) is 6.29 Å². The Morgan fingerprint density at radius 2 is 1.81 bits per heavy atom. The minimum atomic E-state index is -1.08. The molecule has 0 radical (unpaired) electrons. The van der Waals surface area contributed by atoms with Crippen LogP contribution in [0.25, 0.3) is 0 Å². The van der Waals surface area contributed by atoms with Crippen LogP contribution >= 0.6 is 0 Å². The molecule has 0 unspecified atom stereocenters. The van der Waals surface area contributed by atoms with Crippen LogP contribution in [0.3, 0.4) is 0 Å². The van der Waals surface area contributed by atoms with Crippen molar-refractivity contribution in [2.75, 3.05) is 6.61 Å². The van der Waals surface area contributed by atoms with E-state index in [0.717, 1.165) is 16.7 Å². The van der Waals surface area contributed by atoms with Gasteiger partial charge in [0.2, 0.25) is 0 Å². The van der Waals surface area contributed by atoms with Crippen LogP contribution in [-0.2, 0) is 28.5 Å². The highest BCUT2D eigenvalue weighted by atomic mass is 16.6. The van der Waals surface area contributed by atoms with E-state index in [1.807, 2.05) is 6.07 Å². The van der Waals surface area contributed by atoms with E-state index in [0.29, 0.717) is 25.0 Å². The van der Waals surface area contributed by atoms with Gasteiger partial charge in [-0.05, 0) is 50.3 Å². The van der Waals surface area contributed by atoms with Crippen molar-refractivity contribution in [2.45, 2.75) is 110 Å². The number of hydrogen-bond donors (Lipinski definition) is 2. The van der Waals surface area contributed by atoms with Crippen LogP contribution in [0.2, 0.25) is 0 Å². The molecule has 2 aliphatic heterocycles. The molecule has 9 nitrogen and oxygen atoms in total. The van der Waals surface area contributed by atoms with E-state index in [2.05, 4.69) is 27.7 Å². The zero-order chi connectivity index (χ0) is 30.4. The quantitative estimate of drug-likeness (QED) is 0.300. The number of fused-ring (bicyclic) bond motifs is 4. The fraction of sp³-hybridized carbons (Fsp3) is 0.697. The van der Waals surface area contributed by atoms with Gasteiger partial charge in [-0.2, -0.15) is 0 Å². The minimum absolute atomic E-state index is 0.0182. The third kappa shape index (κ3) is 3.96. The topological polar surface area (TPSA) is 125 Å². The van der Waals surface area contributed by atoms with Crippen molar-refractivity contribution in [3.8, 4) is 0 Å². The van der Waals surface area contributed by atoms with Crippen LogP contribution in [0.1, 0.15) is 79.2 Å². The average Bonchev–Trinajstić information content (AvgIpc) is 3.64. The molecule has 2 saturated carbocycles. The standard InChI is InChI=1S/C33H44O9/c1-8-16(2)30(37)42-24-13-23(40-18(4)34)31(5)15-39-27-28(31)32(24,6)22-12-25(35)41-21-11-20(19-9-10-38-14-19)17(3)26(21)33(22,7)29(27)36/h8-10,14,20-25,27-29,35-36H,11-13,15H2,1-7H3/b16-8+/t20-,21+,22-,23-,24+,25-,27-,28+,29-,31-,32+,33-/m1/s1. The van der Waals surface area contributed by atoms with Crippen molar-refractivity contribution in [3.05, 3.63) is 47.0 Å².